The summed E-state index contributed by atoms with van der Waals surface area (Å²) in [6, 6.07) is -0.0757. The van der Waals surface area contributed by atoms with Gasteiger partial charge in [0.25, 0.3) is 0 Å². The normalized spacial score (nSPS) is 19.7. The fourth-order valence-corrected chi connectivity index (χ4v) is 2.86. The fourth-order valence-electron chi connectivity index (χ4n) is 2.86. The van der Waals surface area contributed by atoms with Gasteiger partial charge in [0.05, 0.1) is 6.10 Å². The van der Waals surface area contributed by atoms with E-state index in [2.05, 4.69) is 10.6 Å². The van der Waals surface area contributed by atoms with Crippen LogP contribution in [0.15, 0.2) is 0 Å². The van der Waals surface area contributed by atoms with Crippen LogP contribution in [0.5, 0.6) is 0 Å². The zero-order chi connectivity index (χ0) is 14.1. The minimum Gasteiger partial charge on any atom is -0.393 e. The summed E-state index contributed by atoms with van der Waals surface area (Å²) >= 11 is 0. The van der Waals surface area contributed by atoms with Crippen molar-refractivity contribution < 1.29 is 9.90 Å². The molecule has 19 heavy (non-hydrogen) atoms. The van der Waals surface area contributed by atoms with Gasteiger partial charge < -0.3 is 15.7 Å². The summed E-state index contributed by atoms with van der Waals surface area (Å²) < 4.78 is 0. The summed E-state index contributed by atoms with van der Waals surface area (Å²) in [6.45, 7) is 5.22. The second-order valence-electron chi connectivity index (χ2n) is 6.12. The van der Waals surface area contributed by atoms with Gasteiger partial charge in [0.2, 0.25) is 0 Å². The van der Waals surface area contributed by atoms with Crippen LogP contribution in [0.4, 0.5) is 4.79 Å². The first-order chi connectivity index (χ1) is 9.08. The third kappa shape index (κ3) is 8.09. The third-order valence-electron chi connectivity index (χ3n) is 3.92. The van der Waals surface area contributed by atoms with Gasteiger partial charge >= 0.3 is 6.03 Å². The zero-order valence-corrected chi connectivity index (χ0v) is 12.5. The number of rotatable bonds is 7. The Hall–Kier alpha value is -0.770. The van der Waals surface area contributed by atoms with E-state index in [-0.39, 0.29) is 12.1 Å². The molecule has 2 atom stereocenters. The average Bonchev–Trinajstić information content (AvgIpc) is 2.37. The highest BCUT2D eigenvalue weighted by atomic mass is 16.3. The second-order valence-corrected chi connectivity index (χ2v) is 6.12. The van der Waals surface area contributed by atoms with Gasteiger partial charge in [0.15, 0.2) is 0 Å². The molecule has 0 bridgehead atoms. The molecular weight excluding hydrogens is 240 g/mol. The van der Waals surface area contributed by atoms with Crippen molar-refractivity contribution in [1.29, 1.82) is 0 Å². The molecular formula is C15H30N2O2. The van der Waals surface area contributed by atoms with Gasteiger partial charge in [0, 0.05) is 13.1 Å². The highest BCUT2D eigenvalue weighted by Crippen LogP contribution is 2.25. The lowest BCUT2D eigenvalue weighted by molar-refractivity contribution is 0.163. The van der Waals surface area contributed by atoms with Gasteiger partial charge in [0.1, 0.15) is 0 Å². The fraction of sp³-hybridized carbons (Fsp3) is 0.933. The largest absolute Gasteiger partial charge is 0.393 e. The van der Waals surface area contributed by atoms with Crippen LogP contribution in [-0.4, -0.2) is 30.3 Å². The summed E-state index contributed by atoms with van der Waals surface area (Å²) in [5.41, 5.74) is 0. The predicted octanol–water partition coefficient (Wildman–Crippen LogP) is 2.66. The number of nitrogens with one attached hydrogen (secondary N) is 2. The Bertz CT molecular complexity index is 251. The predicted molar refractivity (Wildman–Crippen MR) is 78.1 cm³/mol. The van der Waals surface area contributed by atoms with Crippen molar-refractivity contribution in [2.24, 2.45) is 11.8 Å². The number of carbonyl (C=O) groups excluding carboxylic acids is 1. The van der Waals surface area contributed by atoms with Gasteiger partial charge in [-0.1, -0.05) is 39.0 Å². The SMILES string of the molecule is CC(O)CC(C)CNC(=O)NCCC1CCCCC1. The summed E-state index contributed by atoms with van der Waals surface area (Å²) in [4.78, 5) is 11.6. The second kappa shape index (κ2) is 9.18. The Labute approximate surface area is 117 Å². The van der Waals surface area contributed by atoms with E-state index in [0.29, 0.717) is 12.5 Å². The van der Waals surface area contributed by atoms with E-state index in [0.717, 1.165) is 25.3 Å². The lowest BCUT2D eigenvalue weighted by atomic mass is 9.87. The third-order valence-corrected chi connectivity index (χ3v) is 3.92. The number of hydrogen-bond acceptors (Lipinski definition) is 2. The summed E-state index contributed by atoms with van der Waals surface area (Å²) in [6.07, 6.45) is 8.28. The number of hydrogen-bond donors (Lipinski definition) is 3. The van der Waals surface area contributed by atoms with Crippen molar-refractivity contribution in [2.75, 3.05) is 13.1 Å². The number of urea groups is 1. The van der Waals surface area contributed by atoms with Gasteiger partial charge in [-0.2, -0.15) is 0 Å². The first kappa shape index (κ1) is 16.3. The van der Waals surface area contributed by atoms with Crippen LogP contribution in [-0.2, 0) is 0 Å². The Kier molecular flexibility index (Phi) is 7.87. The zero-order valence-electron chi connectivity index (χ0n) is 12.5. The number of aliphatic hydroxyl groups is 1. The van der Waals surface area contributed by atoms with E-state index in [1.165, 1.54) is 32.1 Å². The lowest BCUT2D eigenvalue weighted by Crippen LogP contribution is -2.39. The first-order valence-corrected chi connectivity index (χ1v) is 7.77. The minimum atomic E-state index is -0.300. The van der Waals surface area contributed by atoms with Gasteiger partial charge in [-0.3, -0.25) is 0 Å². The number of carbonyl (C=O) groups is 1. The molecule has 0 radical (unpaired) electrons. The van der Waals surface area contributed by atoms with Gasteiger partial charge in [-0.15, -0.1) is 0 Å². The molecule has 0 spiro atoms. The quantitative estimate of drug-likeness (QED) is 0.666. The van der Waals surface area contributed by atoms with Gasteiger partial charge in [-0.25, -0.2) is 4.79 Å². The summed E-state index contributed by atoms with van der Waals surface area (Å²) in [5.74, 6) is 1.12. The Morgan fingerprint density at radius 1 is 1.21 bits per heavy atom. The van der Waals surface area contributed by atoms with E-state index in [4.69, 9.17) is 0 Å². The Morgan fingerprint density at radius 2 is 1.89 bits per heavy atom. The molecule has 1 rings (SSSR count). The number of amides is 2. The molecule has 0 aliphatic heterocycles. The molecule has 1 saturated carbocycles. The summed E-state index contributed by atoms with van der Waals surface area (Å²) in [7, 11) is 0. The molecule has 0 aromatic carbocycles. The molecule has 0 saturated heterocycles. The van der Waals surface area contributed by atoms with Crippen LogP contribution in [0.3, 0.4) is 0 Å². The van der Waals surface area contributed by atoms with Crippen molar-refractivity contribution in [1.82, 2.24) is 10.6 Å². The molecule has 0 aromatic rings. The standard InChI is InChI=1S/C15H30N2O2/c1-12(10-13(2)18)11-17-15(19)16-9-8-14-6-4-3-5-7-14/h12-14,18H,3-11H2,1-2H3,(H2,16,17,19). The molecule has 4 nitrogen and oxygen atoms in total. The van der Waals surface area contributed by atoms with Crippen LogP contribution in [0.25, 0.3) is 0 Å². The molecule has 1 fully saturated rings. The van der Waals surface area contributed by atoms with Crippen molar-refractivity contribution in [3.05, 3.63) is 0 Å². The van der Waals surface area contributed by atoms with Crippen LogP contribution >= 0.6 is 0 Å². The van der Waals surface area contributed by atoms with Crippen molar-refractivity contribution in [3.63, 3.8) is 0 Å². The van der Waals surface area contributed by atoms with E-state index >= 15 is 0 Å². The molecule has 3 N–H and O–H groups in total. The minimum absolute atomic E-state index is 0.0757. The smallest absolute Gasteiger partial charge is 0.314 e. The van der Waals surface area contributed by atoms with Crippen LogP contribution < -0.4 is 10.6 Å². The molecule has 2 amide bonds. The molecule has 2 unspecified atom stereocenters. The maximum atomic E-state index is 11.6. The van der Waals surface area contributed by atoms with Crippen LogP contribution in [0.2, 0.25) is 0 Å². The van der Waals surface area contributed by atoms with E-state index < -0.39 is 0 Å². The molecule has 0 aromatic heterocycles. The molecule has 112 valence electrons. The molecule has 1 aliphatic carbocycles. The monoisotopic (exact) mass is 270 g/mol. The molecule has 1 aliphatic rings. The Balaban J connectivity index is 2.01. The Morgan fingerprint density at radius 3 is 2.53 bits per heavy atom. The van der Waals surface area contributed by atoms with Crippen LogP contribution in [0, 0.1) is 11.8 Å². The van der Waals surface area contributed by atoms with E-state index in [1.807, 2.05) is 6.92 Å². The first-order valence-electron chi connectivity index (χ1n) is 7.77. The van der Waals surface area contributed by atoms with Crippen molar-refractivity contribution in [3.8, 4) is 0 Å². The molecule has 4 heteroatoms. The highest BCUT2D eigenvalue weighted by Gasteiger charge is 2.13. The van der Waals surface area contributed by atoms with E-state index in [9.17, 15) is 9.90 Å². The van der Waals surface area contributed by atoms with E-state index in [1.54, 1.807) is 6.92 Å². The maximum absolute atomic E-state index is 11.6. The summed E-state index contributed by atoms with van der Waals surface area (Å²) in [5, 5.41) is 15.0. The topological polar surface area (TPSA) is 61.4 Å². The van der Waals surface area contributed by atoms with Gasteiger partial charge in [-0.05, 0) is 31.6 Å². The van der Waals surface area contributed by atoms with Crippen molar-refractivity contribution in [2.45, 2.75) is 64.9 Å². The lowest BCUT2D eigenvalue weighted by Gasteiger charge is -2.21. The number of aliphatic hydroxyl groups excluding tert-OH is 1. The van der Waals surface area contributed by atoms with Crippen LogP contribution in [0.1, 0.15) is 58.8 Å². The molecule has 0 heterocycles. The van der Waals surface area contributed by atoms with Crippen molar-refractivity contribution >= 4 is 6.03 Å². The highest BCUT2D eigenvalue weighted by molar-refractivity contribution is 5.73. The maximum Gasteiger partial charge on any atom is 0.314 e. The average molecular weight is 270 g/mol.